The first-order chi connectivity index (χ1) is 12.1. The molecular weight excluding hydrogens is 316 g/mol. The standard InChI is InChI=1S/C19H24N4O2/c1-4-9-20-18(24)13-7-8-14-15(10-13)23-16(19(25)22-14)11-21-17(23)12(5-2)6-3/h7-8,10-12H,4-6,9H2,1-3H3,(H,20,24)(H,22,25). The number of aromatic amines is 1. The number of fused-ring (bicyclic) bond motifs is 3. The monoisotopic (exact) mass is 340 g/mol. The molecule has 3 aromatic rings. The van der Waals surface area contributed by atoms with Crippen molar-refractivity contribution in [3.8, 4) is 0 Å². The van der Waals surface area contributed by atoms with Crippen LogP contribution in [0.15, 0.2) is 29.2 Å². The minimum absolute atomic E-state index is 0.104. The summed E-state index contributed by atoms with van der Waals surface area (Å²) in [6.45, 7) is 6.90. The highest BCUT2D eigenvalue weighted by Crippen LogP contribution is 2.25. The highest BCUT2D eigenvalue weighted by Gasteiger charge is 2.18. The number of rotatable bonds is 6. The van der Waals surface area contributed by atoms with E-state index in [-0.39, 0.29) is 17.4 Å². The average molecular weight is 340 g/mol. The summed E-state index contributed by atoms with van der Waals surface area (Å²) in [5.41, 5.74) is 2.44. The lowest BCUT2D eigenvalue weighted by Crippen LogP contribution is -2.24. The zero-order valence-corrected chi connectivity index (χ0v) is 14.9. The second-order valence-corrected chi connectivity index (χ2v) is 6.29. The molecule has 2 heterocycles. The van der Waals surface area contributed by atoms with Gasteiger partial charge in [-0.15, -0.1) is 0 Å². The van der Waals surface area contributed by atoms with Crippen LogP contribution in [0.1, 0.15) is 62.1 Å². The van der Waals surface area contributed by atoms with Gasteiger partial charge in [-0.2, -0.15) is 0 Å². The van der Waals surface area contributed by atoms with Crippen LogP contribution in [-0.2, 0) is 0 Å². The number of benzene rings is 1. The van der Waals surface area contributed by atoms with Crippen molar-refractivity contribution in [1.29, 1.82) is 0 Å². The summed E-state index contributed by atoms with van der Waals surface area (Å²) < 4.78 is 1.91. The van der Waals surface area contributed by atoms with Gasteiger partial charge in [0, 0.05) is 18.0 Å². The van der Waals surface area contributed by atoms with Crippen molar-refractivity contribution in [1.82, 2.24) is 19.7 Å². The lowest BCUT2D eigenvalue weighted by Gasteiger charge is -2.13. The summed E-state index contributed by atoms with van der Waals surface area (Å²) in [4.78, 5) is 32.1. The Kier molecular flexibility index (Phi) is 4.88. The maximum Gasteiger partial charge on any atom is 0.274 e. The molecule has 6 heteroatoms. The molecule has 0 radical (unpaired) electrons. The fraction of sp³-hybridized carbons (Fsp3) is 0.421. The molecule has 6 nitrogen and oxygen atoms in total. The Morgan fingerprint density at radius 3 is 2.68 bits per heavy atom. The summed E-state index contributed by atoms with van der Waals surface area (Å²) >= 11 is 0. The molecule has 0 spiro atoms. The largest absolute Gasteiger partial charge is 0.352 e. The second-order valence-electron chi connectivity index (χ2n) is 6.29. The van der Waals surface area contributed by atoms with Crippen LogP contribution >= 0.6 is 0 Å². The van der Waals surface area contributed by atoms with Gasteiger partial charge in [-0.3, -0.25) is 14.0 Å². The van der Waals surface area contributed by atoms with Gasteiger partial charge < -0.3 is 10.3 Å². The first-order valence-electron chi connectivity index (χ1n) is 8.92. The van der Waals surface area contributed by atoms with E-state index in [1.165, 1.54) is 0 Å². The number of imidazole rings is 1. The van der Waals surface area contributed by atoms with Gasteiger partial charge >= 0.3 is 0 Å². The number of H-pyrrole nitrogens is 1. The van der Waals surface area contributed by atoms with Crippen molar-refractivity contribution in [3.05, 3.63) is 46.1 Å². The predicted molar refractivity (Wildman–Crippen MR) is 99.3 cm³/mol. The Labute approximate surface area is 146 Å². The molecule has 0 unspecified atom stereocenters. The molecule has 132 valence electrons. The topological polar surface area (TPSA) is 79.3 Å². The fourth-order valence-corrected chi connectivity index (χ4v) is 3.21. The molecule has 0 saturated carbocycles. The number of amides is 1. The van der Waals surface area contributed by atoms with E-state index < -0.39 is 0 Å². The minimum atomic E-state index is -0.166. The Bertz CT molecular complexity index is 967. The number of aromatic nitrogens is 3. The number of carbonyl (C=O) groups is 1. The summed E-state index contributed by atoms with van der Waals surface area (Å²) in [7, 11) is 0. The van der Waals surface area contributed by atoms with Crippen molar-refractivity contribution in [2.75, 3.05) is 6.54 Å². The molecule has 0 aliphatic heterocycles. The van der Waals surface area contributed by atoms with Crippen LogP contribution in [-0.4, -0.2) is 26.8 Å². The van der Waals surface area contributed by atoms with E-state index >= 15 is 0 Å². The second kappa shape index (κ2) is 7.09. The fourth-order valence-electron chi connectivity index (χ4n) is 3.21. The minimum Gasteiger partial charge on any atom is -0.352 e. The third-order valence-electron chi connectivity index (χ3n) is 4.66. The van der Waals surface area contributed by atoms with Crippen molar-refractivity contribution in [3.63, 3.8) is 0 Å². The van der Waals surface area contributed by atoms with E-state index in [2.05, 4.69) is 29.1 Å². The molecule has 0 saturated heterocycles. The Hall–Kier alpha value is -2.63. The summed E-state index contributed by atoms with van der Waals surface area (Å²) in [6.07, 6.45) is 4.40. The third kappa shape index (κ3) is 3.04. The molecule has 2 N–H and O–H groups in total. The predicted octanol–water partition coefficient (Wildman–Crippen LogP) is 3.22. The molecule has 0 aliphatic rings. The Morgan fingerprint density at radius 1 is 1.24 bits per heavy atom. The highest BCUT2D eigenvalue weighted by atomic mass is 16.1. The van der Waals surface area contributed by atoms with Crippen LogP contribution in [0, 0.1) is 0 Å². The number of hydrogen-bond donors (Lipinski definition) is 2. The normalized spacial score (nSPS) is 11.5. The van der Waals surface area contributed by atoms with Crippen molar-refractivity contribution in [2.45, 2.75) is 46.0 Å². The van der Waals surface area contributed by atoms with Gasteiger partial charge in [-0.1, -0.05) is 20.8 Å². The van der Waals surface area contributed by atoms with Crippen LogP contribution in [0.2, 0.25) is 0 Å². The maximum absolute atomic E-state index is 12.4. The van der Waals surface area contributed by atoms with E-state index in [0.29, 0.717) is 23.1 Å². The van der Waals surface area contributed by atoms with E-state index in [1.54, 1.807) is 18.3 Å². The summed E-state index contributed by atoms with van der Waals surface area (Å²) in [5.74, 6) is 1.04. The molecule has 1 aromatic carbocycles. The van der Waals surface area contributed by atoms with E-state index in [4.69, 9.17) is 0 Å². The molecule has 2 aromatic heterocycles. The van der Waals surface area contributed by atoms with E-state index in [9.17, 15) is 9.59 Å². The zero-order valence-electron chi connectivity index (χ0n) is 14.9. The Morgan fingerprint density at radius 2 is 2.00 bits per heavy atom. The van der Waals surface area contributed by atoms with Gasteiger partial charge in [-0.25, -0.2) is 4.98 Å². The van der Waals surface area contributed by atoms with E-state index in [0.717, 1.165) is 30.6 Å². The lowest BCUT2D eigenvalue weighted by molar-refractivity contribution is 0.0954. The van der Waals surface area contributed by atoms with Gasteiger partial charge in [0.15, 0.2) is 0 Å². The van der Waals surface area contributed by atoms with E-state index in [1.807, 2.05) is 17.4 Å². The van der Waals surface area contributed by atoms with Crippen molar-refractivity contribution in [2.24, 2.45) is 0 Å². The van der Waals surface area contributed by atoms with Gasteiger partial charge in [0.25, 0.3) is 11.5 Å². The highest BCUT2D eigenvalue weighted by molar-refractivity contribution is 5.97. The van der Waals surface area contributed by atoms with Crippen molar-refractivity contribution >= 4 is 22.5 Å². The molecular formula is C19H24N4O2. The average Bonchev–Trinajstić information content (AvgIpc) is 3.06. The number of nitrogens with zero attached hydrogens (tertiary/aromatic N) is 2. The first-order valence-corrected chi connectivity index (χ1v) is 8.92. The van der Waals surface area contributed by atoms with Gasteiger partial charge in [-0.05, 0) is 37.5 Å². The Balaban J connectivity index is 2.25. The van der Waals surface area contributed by atoms with Crippen LogP contribution in [0.3, 0.4) is 0 Å². The first kappa shape index (κ1) is 17.2. The lowest BCUT2D eigenvalue weighted by atomic mass is 10.0. The van der Waals surface area contributed by atoms with Gasteiger partial charge in [0.05, 0.1) is 17.2 Å². The van der Waals surface area contributed by atoms with Crippen LogP contribution in [0.25, 0.3) is 16.6 Å². The molecule has 25 heavy (non-hydrogen) atoms. The molecule has 0 bridgehead atoms. The van der Waals surface area contributed by atoms with Gasteiger partial charge in [0.2, 0.25) is 0 Å². The maximum atomic E-state index is 12.4. The SMILES string of the molecule is CCCNC(=O)c1ccc2[nH]c(=O)c3cnc(C(CC)CC)n3c2c1. The summed E-state index contributed by atoms with van der Waals surface area (Å²) in [5, 5.41) is 2.89. The molecule has 0 fully saturated rings. The number of carbonyl (C=O) groups excluding carboxylic acids is 1. The summed E-state index contributed by atoms with van der Waals surface area (Å²) in [6, 6.07) is 5.35. The van der Waals surface area contributed by atoms with Crippen LogP contribution in [0.4, 0.5) is 0 Å². The number of hydrogen-bond acceptors (Lipinski definition) is 3. The van der Waals surface area contributed by atoms with Crippen LogP contribution < -0.4 is 10.9 Å². The smallest absolute Gasteiger partial charge is 0.274 e. The zero-order chi connectivity index (χ0) is 18.0. The molecule has 1 amide bonds. The van der Waals surface area contributed by atoms with Crippen LogP contribution in [0.5, 0.6) is 0 Å². The quantitative estimate of drug-likeness (QED) is 0.723. The molecule has 0 aliphatic carbocycles. The van der Waals surface area contributed by atoms with Crippen molar-refractivity contribution < 1.29 is 4.79 Å². The molecule has 0 atom stereocenters. The number of nitrogens with one attached hydrogen (secondary N) is 2. The molecule has 3 rings (SSSR count). The van der Waals surface area contributed by atoms with Gasteiger partial charge in [0.1, 0.15) is 11.3 Å². The third-order valence-corrected chi connectivity index (χ3v) is 4.66.